The van der Waals surface area contributed by atoms with E-state index in [1.54, 1.807) is 13.3 Å². The Kier molecular flexibility index (Phi) is 4.02. The van der Waals surface area contributed by atoms with Crippen molar-refractivity contribution in [3.05, 3.63) is 30.5 Å². The fourth-order valence-electron chi connectivity index (χ4n) is 3.37. The molecular formula is C18H21N5O. The fourth-order valence-corrected chi connectivity index (χ4v) is 3.37. The summed E-state index contributed by atoms with van der Waals surface area (Å²) in [6, 6.07) is 8.27. The van der Waals surface area contributed by atoms with Crippen molar-refractivity contribution in [3.8, 4) is 17.1 Å². The van der Waals surface area contributed by atoms with Crippen LogP contribution >= 0.6 is 0 Å². The van der Waals surface area contributed by atoms with Crippen molar-refractivity contribution in [3.63, 3.8) is 0 Å². The maximum absolute atomic E-state index is 5.38. The zero-order valence-corrected chi connectivity index (χ0v) is 13.7. The Hall–Kier alpha value is -2.63. The highest BCUT2D eigenvalue weighted by Gasteiger charge is 2.16. The number of anilines is 1. The topological polar surface area (TPSA) is 75.7 Å². The van der Waals surface area contributed by atoms with Crippen LogP contribution < -0.4 is 10.1 Å². The number of hydrogen-bond donors (Lipinski definition) is 2. The summed E-state index contributed by atoms with van der Waals surface area (Å²) in [6.07, 6.45) is 8.06. The van der Waals surface area contributed by atoms with E-state index in [0.717, 1.165) is 28.0 Å². The maximum Gasteiger partial charge on any atom is 0.223 e. The minimum atomic E-state index is 0.477. The third-order valence-electron chi connectivity index (χ3n) is 4.62. The monoisotopic (exact) mass is 323 g/mol. The summed E-state index contributed by atoms with van der Waals surface area (Å²) in [5.41, 5.74) is 2.51. The zero-order valence-electron chi connectivity index (χ0n) is 13.7. The van der Waals surface area contributed by atoms with E-state index in [2.05, 4.69) is 25.5 Å². The maximum atomic E-state index is 5.38. The molecule has 0 atom stereocenters. The number of ether oxygens (including phenoxy) is 1. The molecule has 2 heterocycles. The summed E-state index contributed by atoms with van der Waals surface area (Å²) in [5.74, 6) is 1.46. The number of benzene rings is 1. The average molecular weight is 323 g/mol. The number of methoxy groups -OCH3 is 1. The quantitative estimate of drug-likeness (QED) is 0.764. The third-order valence-corrected chi connectivity index (χ3v) is 4.62. The summed E-state index contributed by atoms with van der Waals surface area (Å²) in [4.78, 5) is 9.04. The number of para-hydroxylation sites is 1. The van der Waals surface area contributed by atoms with Crippen molar-refractivity contribution < 1.29 is 4.74 Å². The van der Waals surface area contributed by atoms with Crippen LogP contribution in [0.4, 0.5) is 5.95 Å². The Morgan fingerprint density at radius 3 is 2.88 bits per heavy atom. The summed E-state index contributed by atoms with van der Waals surface area (Å²) in [6.45, 7) is 0. The first-order valence-electron chi connectivity index (χ1n) is 8.46. The van der Waals surface area contributed by atoms with Gasteiger partial charge in [0.25, 0.3) is 0 Å². The van der Waals surface area contributed by atoms with E-state index in [-0.39, 0.29) is 0 Å². The average Bonchev–Trinajstić information content (AvgIpc) is 3.07. The molecule has 1 aromatic carbocycles. The van der Waals surface area contributed by atoms with E-state index in [1.165, 1.54) is 32.1 Å². The molecule has 2 aromatic heterocycles. The summed E-state index contributed by atoms with van der Waals surface area (Å²) < 4.78 is 5.38. The molecule has 1 aliphatic rings. The second kappa shape index (κ2) is 6.47. The highest BCUT2D eigenvalue weighted by Crippen LogP contribution is 2.30. The number of aromatic amines is 1. The molecule has 0 aliphatic heterocycles. The van der Waals surface area contributed by atoms with Gasteiger partial charge in [0.1, 0.15) is 17.0 Å². The molecule has 0 spiro atoms. The van der Waals surface area contributed by atoms with Gasteiger partial charge in [0, 0.05) is 17.6 Å². The number of fused-ring (bicyclic) bond motifs is 1. The summed E-state index contributed by atoms with van der Waals surface area (Å²) in [7, 11) is 1.66. The zero-order chi connectivity index (χ0) is 16.4. The second-order valence-corrected chi connectivity index (χ2v) is 6.20. The molecule has 1 saturated carbocycles. The Bertz CT molecular complexity index is 838. The lowest BCUT2D eigenvalue weighted by Crippen LogP contribution is -2.23. The lowest BCUT2D eigenvalue weighted by atomic mass is 9.96. The van der Waals surface area contributed by atoms with Crippen molar-refractivity contribution in [2.45, 2.75) is 38.1 Å². The number of nitrogens with zero attached hydrogens (tertiary/aromatic N) is 3. The predicted molar refractivity (Wildman–Crippen MR) is 94.2 cm³/mol. The Morgan fingerprint density at radius 1 is 1.17 bits per heavy atom. The highest BCUT2D eigenvalue weighted by molar-refractivity contribution is 5.95. The standard InChI is InChI=1S/C18H21N5O/c1-24-15-9-5-8-13-16(22-23-17(13)15)14-10-11-19-18(21-14)20-12-6-3-2-4-7-12/h5,8-12H,2-4,6-7H2,1H3,(H,22,23)(H,19,20,21). The highest BCUT2D eigenvalue weighted by atomic mass is 16.5. The van der Waals surface area contributed by atoms with Gasteiger partial charge in [-0.15, -0.1) is 0 Å². The smallest absolute Gasteiger partial charge is 0.223 e. The van der Waals surface area contributed by atoms with Crippen molar-refractivity contribution >= 4 is 16.9 Å². The lowest BCUT2D eigenvalue weighted by Gasteiger charge is -2.22. The largest absolute Gasteiger partial charge is 0.494 e. The van der Waals surface area contributed by atoms with Crippen LogP contribution in [0.1, 0.15) is 32.1 Å². The number of H-pyrrole nitrogens is 1. The van der Waals surface area contributed by atoms with Gasteiger partial charge in [-0.25, -0.2) is 9.97 Å². The van der Waals surface area contributed by atoms with Gasteiger partial charge in [0.15, 0.2) is 0 Å². The molecule has 0 radical (unpaired) electrons. The second-order valence-electron chi connectivity index (χ2n) is 6.20. The van der Waals surface area contributed by atoms with E-state index in [1.807, 2.05) is 24.3 Å². The lowest BCUT2D eigenvalue weighted by molar-refractivity contribution is 0.419. The van der Waals surface area contributed by atoms with E-state index < -0.39 is 0 Å². The number of rotatable bonds is 4. The van der Waals surface area contributed by atoms with Gasteiger partial charge >= 0.3 is 0 Å². The SMILES string of the molecule is COc1cccc2c(-c3ccnc(NC4CCCCC4)n3)n[nH]c12. The van der Waals surface area contributed by atoms with Gasteiger partial charge in [-0.1, -0.05) is 31.4 Å². The Labute approximate surface area is 140 Å². The molecule has 24 heavy (non-hydrogen) atoms. The van der Waals surface area contributed by atoms with Crippen LogP contribution in [-0.4, -0.2) is 33.3 Å². The molecule has 6 heteroatoms. The van der Waals surface area contributed by atoms with Crippen LogP contribution in [0.2, 0.25) is 0 Å². The molecule has 0 unspecified atom stereocenters. The molecule has 3 aromatic rings. The van der Waals surface area contributed by atoms with Gasteiger partial charge < -0.3 is 10.1 Å². The van der Waals surface area contributed by atoms with Crippen molar-refractivity contribution in [2.24, 2.45) is 0 Å². The summed E-state index contributed by atoms with van der Waals surface area (Å²) in [5, 5.41) is 12.0. The molecular weight excluding hydrogens is 302 g/mol. The van der Waals surface area contributed by atoms with Crippen molar-refractivity contribution in [1.82, 2.24) is 20.2 Å². The van der Waals surface area contributed by atoms with E-state index >= 15 is 0 Å². The number of nitrogens with one attached hydrogen (secondary N) is 2. The van der Waals surface area contributed by atoms with Crippen LogP contribution in [0.5, 0.6) is 5.75 Å². The van der Waals surface area contributed by atoms with Gasteiger partial charge in [-0.3, -0.25) is 5.10 Å². The van der Waals surface area contributed by atoms with E-state index in [0.29, 0.717) is 12.0 Å². The molecule has 0 saturated heterocycles. The van der Waals surface area contributed by atoms with Crippen LogP contribution in [0, 0.1) is 0 Å². The summed E-state index contributed by atoms with van der Waals surface area (Å²) >= 11 is 0. The Balaban J connectivity index is 1.66. The van der Waals surface area contributed by atoms with Gasteiger partial charge in [0.2, 0.25) is 5.95 Å². The van der Waals surface area contributed by atoms with Crippen LogP contribution in [0.15, 0.2) is 30.5 Å². The van der Waals surface area contributed by atoms with Crippen molar-refractivity contribution in [1.29, 1.82) is 0 Å². The first-order chi connectivity index (χ1) is 11.8. The minimum absolute atomic E-state index is 0.477. The predicted octanol–water partition coefficient (Wildman–Crippen LogP) is 3.77. The molecule has 4 rings (SSSR count). The van der Waals surface area contributed by atoms with E-state index in [4.69, 9.17) is 4.74 Å². The molecule has 0 amide bonds. The molecule has 0 bridgehead atoms. The molecule has 124 valence electrons. The first kappa shape index (κ1) is 14.9. The Morgan fingerprint density at radius 2 is 2.04 bits per heavy atom. The number of aromatic nitrogens is 4. The van der Waals surface area contributed by atoms with Crippen LogP contribution in [0.25, 0.3) is 22.3 Å². The normalized spacial score (nSPS) is 15.5. The third kappa shape index (κ3) is 2.79. The van der Waals surface area contributed by atoms with Gasteiger partial charge in [-0.05, 0) is 25.0 Å². The molecule has 1 aliphatic carbocycles. The number of hydrogen-bond acceptors (Lipinski definition) is 5. The van der Waals surface area contributed by atoms with Crippen LogP contribution in [-0.2, 0) is 0 Å². The minimum Gasteiger partial charge on any atom is -0.494 e. The first-order valence-corrected chi connectivity index (χ1v) is 8.46. The molecule has 6 nitrogen and oxygen atoms in total. The molecule has 1 fully saturated rings. The molecule has 2 N–H and O–H groups in total. The van der Waals surface area contributed by atoms with Gasteiger partial charge in [0.05, 0.1) is 12.8 Å². The fraction of sp³-hybridized carbons (Fsp3) is 0.389. The van der Waals surface area contributed by atoms with Gasteiger partial charge in [-0.2, -0.15) is 5.10 Å². The van der Waals surface area contributed by atoms with Crippen molar-refractivity contribution in [2.75, 3.05) is 12.4 Å². The van der Waals surface area contributed by atoms with E-state index in [9.17, 15) is 0 Å². The van der Waals surface area contributed by atoms with Crippen LogP contribution in [0.3, 0.4) is 0 Å².